The number of nitrogens with one attached hydrogen (secondary N) is 1. The highest BCUT2D eigenvalue weighted by Gasteiger charge is 2.23. The molecule has 4 heterocycles. The van der Waals surface area contributed by atoms with E-state index < -0.39 is 6.10 Å². The summed E-state index contributed by atoms with van der Waals surface area (Å²) in [6.45, 7) is 6.26. The summed E-state index contributed by atoms with van der Waals surface area (Å²) in [7, 11) is 0. The number of ketones is 1. The molecule has 2 N–H and O–H groups in total. The van der Waals surface area contributed by atoms with Crippen molar-refractivity contribution in [3.63, 3.8) is 0 Å². The molecule has 2 fully saturated rings. The summed E-state index contributed by atoms with van der Waals surface area (Å²) in [4.78, 5) is 31.3. The number of benzene rings is 1. The molecule has 1 saturated carbocycles. The van der Waals surface area contributed by atoms with Gasteiger partial charge in [0, 0.05) is 51.3 Å². The van der Waals surface area contributed by atoms with Gasteiger partial charge in [-0.15, -0.1) is 0 Å². The number of hydrogen-bond acceptors (Lipinski definition) is 10. The Labute approximate surface area is 247 Å². The first-order valence-corrected chi connectivity index (χ1v) is 15.5. The fourth-order valence-corrected chi connectivity index (χ4v) is 5.91. The Hall–Kier alpha value is -3.50. The molecule has 10 nitrogen and oxygen atoms in total. The zero-order valence-corrected chi connectivity index (χ0v) is 24.6. The van der Waals surface area contributed by atoms with Crippen LogP contribution in [0.4, 0.5) is 11.8 Å². The van der Waals surface area contributed by atoms with E-state index in [1.807, 2.05) is 13.0 Å². The van der Waals surface area contributed by atoms with E-state index in [0.29, 0.717) is 37.3 Å². The maximum absolute atomic E-state index is 13.3. The van der Waals surface area contributed by atoms with Gasteiger partial charge in [-0.2, -0.15) is 4.98 Å². The van der Waals surface area contributed by atoms with Crippen molar-refractivity contribution in [3.05, 3.63) is 58.9 Å². The van der Waals surface area contributed by atoms with Crippen molar-refractivity contribution in [2.75, 3.05) is 36.4 Å². The highest BCUT2D eigenvalue weighted by atomic mass is 16.5. The molecule has 0 unspecified atom stereocenters. The summed E-state index contributed by atoms with van der Waals surface area (Å²) in [6, 6.07) is 8.41. The lowest BCUT2D eigenvalue weighted by molar-refractivity contribution is 0.0833. The van der Waals surface area contributed by atoms with Gasteiger partial charge in [0.05, 0.1) is 11.8 Å². The number of rotatable bonds is 12. The third-order valence-corrected chi connectivity index (χ3v) is 8.75. The van der Waals surface area contributed by atoms with Crippen LogP contribution < -0.4 is 15.0 Å². The maximum atomic E-state index is 13.3. The molecule has 10 heteroatoms. The van der Waals surface area contributed by atoms with Gasteiger partial charge in [-0.3, -0.25) is 9.69 Å². The summed E-state index contributed by atoms with van der Waals surface area (Å²) in [5, 5.41) is 14.4. The lowest BCUT2D eigenvalue weighted by Gasteiger charge is -2.30. The van der Waals surface area contributed by atoms with E-state index in [0.717, 1.165) is 81.3 Å². The molecule has 0 spiro atoms. The number of Topliss-reactive ketones (excluding diaryl/α,β-unsaturated/α-hetero) is 1. The first kappa shape index (κ1) is 28.6. The van der Waals surface area contributed by atoms with Crippen molar-refractivity contribution >= 4 is 17.5 Å². The summed E-state index contributed by atoms with van der Waals surface area (Å²) in [6.07, 6.45) is 9.38. The number of carbonyl (C=O) groups excluding carboxylic acids is 1. The molecule has 224 valence electrons. The number of anilines is 2. The standard InChI is InChI=1S/C32H42N6O4/c1-22-30(42-21-33-22)20-41-27-10-8-24-18-37(15-12-23(24)16-27)19-26(39)9-11-29(40)28-17-31(34-25-6-5-7-25)36-32(35-28)38-13-3-2-4-14-38/h8,10,16-17,21,25-26,39H,2-7,9,11-15,18-20H2,1H3,(H,34,35,36)/t26-/m0/s1. The number of carbonyl (C=O) groups is 1. The number of aryl methyl sites for hydroxylation is 1. The molecule has 6 rings (SSSR count). The fraction of sp³-hybridized carbons (Fsp3) is 0.562. The maximum Gasteiger partial charge on any atom is 0.227 e. The molecule has 3 aliphatic rings. The van der Waals surface area contributed by atoms with Crippen molar-refractivity contribution in [2.24, 2.45) is 0 Å². The molecule has 1 atom stereocenters. The Balaban J connectivity index is 1.01. The molecular formula is C32H42N6O4. The van der Waals surface area contributed by atoms with Crippen molar-refractivity contribution in [2.45, 2.75) is 90.0 Å². The van der Waals surface area contributed by atoms with Gasteiger partial charge in [0.25, 0.3) is 0 Å². The zero-order valence-electron chi connectivity index (χ0n) is 24.6. The Kier molecular flexibility index (Phi) is 9.00. The average Bonchev–Trinajstić information content (AvgIpc) is 3.41. The Morgan fingerprint density at radius 3 is 2.74 bits per heavy atom. The molecule has 0 amide bonds. The number of oxazole rings is 1. The van der Waals surface area contributed by atoms with Crippen LogP contribution in [0, 0.1) is 6.92 Å². The molecule has 42 heavy (non-hydrogen) atoms. The van der Waals surface area contributed by atoms with Crippen LogP contribution in [0.3, 0.4) is 0 Å². The molecule has 1 aliphatic carbocycles. The smallest absolute Gasteiger partial charge is 0.227 e. The first-order valence-electron chi connectivity index (χ1n) is 15.5. The Morgan fingerprint density at radius 1 is 1.12 bits per heavy atom. The van der Waals surface area contributed by atoms with E-state index in [1.165, 1.54) is 30.4 Å². The Morgan fingerprint density at radius 2 is 1.98 bits per heavy atom. The van der Waals surface area contributed by atoms with Crippen molar-refractivity contribution in [1.29, 1.82) is 0 Å². The number of nitrogens with zero attached hydrogens (tertiary/aromatic N) is 5. The van der Waals surface area contributed by atoms with Gasteiger partial charge in [-0.25, -0.2) is 9.97 Å². The van der Waals surface area contributed by atoms with Gasteiger partial charge in [-0.05, 0) is 81.5 Å². The number of hydrogen-bond donors (Lipinski definition) is 2. The average molecular weight is 575 g/mol. The number of aromatic nitrogens is 3. The van der Waals surface area contributed by atoms with Gasteiger partial charge in [0.15, 0.2) is 17.9 Å². The van der Waals surface area contributed by atoms with Gasteiger partial charge in [0.1, 0.15) is 23.9 Å². The normalized spacial score (nSPS) is 18.3. The second kappa shape index (κ2) is 13.2. The van der Waals surface area contributed by atoms with Crippen LogP contribution in [-0.2, 0) is 19.6 Å². The third-order valence-electron chi connectivity index (χ3n) is 8.75. The zero-order chi connectivity index (χ0) is 28.9. The first-order chi connectivity index (χ1) is 20.5. The third kappa shape index (κ3) is 7.10. The number of ether oxygens (including phenoxy) is 1. The highest BCUT2D eigenvalue weighted by Crippen LogP contribution is 2.27. The molecular weight excluding hydrogens is 532 g/mol. The largest absolute Gasteiger partial charge is 0.486 e. The van der Waals surface area contributed by atoms with E-state index in [9.17, 15) is 9.90 Å². The topological polar surface area (TPSA) is 117 Å². The van der Waals surface area contributed by atoms with Crippen LogP contribution in [0.5, 0.6) is 5.75 Å². The second-order valence-corrected chi connectivity index (χ2v) is 11.9. The molecule has 2 aromatic heterocycles. The number of β-amino-alcohol motifs (C(OH)–C–C–N with tert-alkyl or cyclic N) is 1. The van der Waals surface area contributed by atoms with E-state index in [4.69, 9.17) is 14.1 Å². The number of aliphatic hydroxyl groups excluding tert-OH is 1. The van der Waals surface area contributed by atoms with Gasteiger partial charge in [0.2, 0.25) is 5.95 Å². The van der Waals surface area contributed by atoms with Crippen LogP contribution in [0.25, 0.3) is 0 Å². The van der Waals surface area contributed by atoms with Gasteiger partial charge < -0.3 is 24.5 Å². The van der Waals surface area contributed by atoms with Crippen LogP contribution >= 0.6 is 0 Å². The van der Waals surface area contributed by atoms with Crippen molar-refractivity contribution in [1.82, 2.24) is 19.9 Å². The molecule has 0 radical (unpaired) electrons. The van der Waals surface area contributed by atoms with Crippen molar-refractivity contribution in [3.8, 4) is 5.75 Å². The summed E-state index contributed by atoms with van der Waals surface area (Å²) >= 11 is 0. The quantitative estimate of drug-likeness (QED) is 0.295. The predicted octanol–water partition coefficient (Wildman–Crippen LogP) is 4.69. The second-order valence-electron chi connectivity index (χ2n) is 11.9. The van der Waals surface area contributed by atoms with E-state index in [2.05, 4.69) is 37.2 Å². The van der Waals surface area contributed by atoms with Crippen LogP contribution in [0.2, 0.25) is 0 Å². The van der Waals surface area contributed by atoms with Crippen LogP contribution in [0.1, 0.15) is 84.4 Å². The van der Waals surface area contributed by atoms with Crippen LogP contribution in [-0.4, -0.2) is 69.1 Å². The Bertz CT molecular complexity index is 1370. The minimum absolute atomic E-state index is 0.0385. The molecule has 3 aromatic rings. The van der Waals surface area contributed by atoms with E-state index >= 15 is 0 Å². The fourth-order valence-electron chi connectivity index (χ4n) is 5.91. The predicted molar refractivity (Wildman–Crippen MR) is 160 cm³/mol. The molecule has 2 aliphatic heterocycles. The lowest BCUT2D eigenvalue weighted by Crippen LogP contribution is -2.36. The highest BCUT2D eigenvalue weighted by molar-refractivity contribution is 5.95. The minimum Gasteiger partial charge on any atom is -0.486 e. The van der Waals surface area contributed by atoms with E-state index in [-0.39, 0.29) is 12.2 Å². The number of aliphatic hydroxyl groups is 1. The molecule has 0 bridgehead atoms. The molecule has 1 aromatic carbocycles. The van der Waals surface area contributed by atoms with E-state index in [1.54, 1.807) is 6.07 Å². The summed E-state index contributed by atoms with van der Waals surface area (Å²) in [5.74, 6) is 2.91. The summed E-state index contributed by atoms with van der Waals surface area (Å²) < 4.78 is 11.3. The van der Waals surface area contributed by atoms with Gasteiger partial charge in [-0.1, -0.05) is 6.07 Å². The van der Waals surface area contributed by atoms with Gasteiger partial charge >= 0.3 is 0 Å². The lowest BCUT2D eigenvalue weighted by atomic mass is 9.93. The number of piperidine rings is 1. The minimum atomic E-state index is -0.584. The molecule has 1 saturated heterocycles. The number of fused-ring (bicyclic) bond motifs is 1. The summed E-state index contributed by atoms with van der Waals surface area (Å²) in [5.41, 5.74) is 3.80. The van der Waals surface area contributed by atoms with Crippen molar-refractivity contribution < 1.29 is 19.1 Å². The van der Waals surface area contributed by atoms with Crippen LogP contribution in [0.15, 0.2) is 35.1 Å². The monoisotopic (exact) mass is 574 g/mol. The SMILES string of the molecule is Cc1ncoc1COc1ccc2c(c1)CCN(C[C@@H](O)CCC(=O)c1cc(NC3CCC3)nc(N3CCCCC3)n1)C2.